The van der Waals surface area contributed by atoms with Crippen LogP contribution in [0.2, 0.25) is 0 Å². The maximum absolute atomic E-state index is 5.49. The largest absolute Gasteiger partial charge is 0.479 e. The molecule has 60 valence electrons. The maximum Gasteiger partial charge on any atom is 0.193 e. The Morgan fingerprint density at radius 1 is 1.64 bits per heavy atom. The lowest BCUT2D eigenvalue weighted by atomic mass is 10.3. The summed E-state index contributed by atoms with van der Waals surface area (Å²) in [6.45, 7) is 2.51. The summed E-state index contributed by atoms with van der Waals surface area (Å²) in [5, 5.41) is 0. The summed E-state index contributed by atoms with van der Waals surface area (Å²) in [5.41, 5.74) is 6.65. The predicted octanol–water partition coefficient (Wildman–Crippen LogP) is 0.729. The van der Waals surface area contributed by atoms with E-state index in [0.717, 1.165) is 31.0 Å². The number of fused-ring (bicyclic) bond motifs is 1. The number of hydrogen-bond acceptors (Lipinski definition) is 2. The first-order valence-electron chi connectivity index (χ1n) is 3.92. The Hall–Kier alpha value is -0.960. The summed E-state index contributed by atoms with van der Waals surface area (Å²) >= 11 is 0. The van der Waals surface area contributed by atoms with Crippen LogP contribution in [0.1, 0.15) is 12.0 Å². The molecule has 1 aromatic rings. The topological polar surface area (TPSA) is 40.2 Å². The number of hydrogen-bond donors (Lipinski definition) is 1. The molecular formula is C8H12N2O. The van der Waals surface area contributed by atoms with E-state index in [1.165, 1.54) is 0 Å². The third-order valence-electron chi connectivity index (χ3n) is 1.94. The lowest BCUT2D eigenvalue weighted by Gasteiger charge is -2.15. The molecule has 0 saturated heterocycles. The molecule has 2 rings (SSSR count). The fourth-order valence-corrected chi connectivity index (χ4v) is 1.37. The highest BCUT2D eigenvalue weighted by Gasteiger charge is 2.09. The summed E-state index contributed by atoms with van der Waals surface area (Å²) < 4.78 is 7.53. The zero-order chi connectivity index (χ0) is 7.68. The fraction of sp³-hybridized carbons (Fsp3) is 0.500. The molecule has 0 aliphatic carbocycles. The van der Waals surface area contributed by atoms with Gasteiger partial charge < -0.3 is 15.0 Å². The van der Waals surface area contributed by atoms with Crippen LogP contribution >= 0.6 is 0 Å². The Kier molecular flexibility index (Phi) is 1.58. The van der Waals surface area contributed by atoms with Gasteiger partial charge in [0.2, 0.25) is 0 Å². The number of ether oxygens (including phenoxy) is 1. The fourth-order valence-electron chi connectivity index (χ4n) is 1.37. The molecule has 1 aliphatic rings. The van der Waals surface area contributed by atoms with Gasteiger partial charge in [-0.25, -0.2) is 0 Å². The molecule has 0 unspecified atom stereocenters. The first kappa shape index (κ1) is 6.73. The van der Waals surface area contributed by atoms with Crippen molar-refractivity contribution in [3.63, 3.8) is 0 Å². The van der Waals surface area contributed by atoms with Crippen molar-refractivity contribution in [1.82, 2.24) is 4.57 Å². The highest BCUT2D eigenvalue weighted by molar-refractivity contribution is 5.24. The summed E-state index contributed by atoms with van der Waals surface area (Å²) in [6.07, 6.45) is 3.17. The lowest BCUT2D eigenvalue weighted by molar-refractivity contribution is 0.241. The van der Waals surface area contributed by atoms with Crippen LogP contribution in [0, 0.1) is 0 Å². The molecule has 1 aliphatic heterocycles. The third kappa shape index (κ3) is 1.12. The smallest absolute Gasteiger partial charge is 0.193 e. The Morgan fingerprint density at radius 3 is 3.27 bits per heavy atom. The minimum Gasteiger partial charge on any atom is -0.479 e. The van der Waals surface area contributed by atoms with E-state index in [1.807, 2.05) is 6.07 Å². The highest BCUT2D eigenvalue weighted by Crippen LogP contribution is 2.20. The quantitative estimate of drug-likeness (QED) is 0.644. The van der Waals surface area contributed by atoms with Crippen molar-refractivity contribution in [2.75, 3.05) is 6.61 Å². The van der Waals surface area contributed by atoms with Gasteiger partial charge in [0, 0.05) is 25.4 Å². The average molecular weight is 152 g/mol. The van der Waals surface area contributed by atoms with Crippen molar-refractivity contribution in [3.8, 4) is 5.88 Å². The molecule has 0 amide bonds. The van der Waals surface area contributed by atoms with Gasteiger partial charge in [0.1, 0.15) is 0 Å². The number of aryl methyl sites for hydroxylation is 1. The second kappa shape index (κ2) is 2.58. The first-order chi connectivity index (χ1) is 5.40. The summed E-state index contributed by atoms with van der Waals surface area (Å²) in [5.74, 6) is 0.969. The highest BCUT2D eigenvalue weighted by atomic mass is 16.5. The molecule has 3 nitrogen and oxygen atoms in total. The molecule has 2 N–H and O–H groups in total. The molecule has 0 spiro atoms. The van der Waals surface area contributed by atoms with Crippen LogP contribution in [0.3, 0.4) is 0 Å². The lowest BCUT2D eigenvalue weighted by Crippen LogP contribution is -2.12. The molecule has 0 saturated carbocycles. The zero-order valence-electron chi connectivity index (χ0n) is 6.42. The average Bonchev–Trinajstić information content (AvgIpc) is 2.46. The van der Waals surface area contributed by atoms with E-state index in [-0.39, 0.29) is 0 Å². The first-order valence-corrected chi connectivity index (χ1v) is 3.92. The molecule has 0 aromatic carbocycles. The Balaban J connectivity index is 2.32. The van der Waals surface area contributed by atoms with Crippen molar-refractivity contribution < 1.29 is 4.74 Å². The van der Waals surface area contributed by atoms with Gasteiger partial charge in [0.15, 0.2) is 5.88 Å². The van der Waals surface area contributed by atoms with E-state index in [1.54, 1.807) is 0 Å². The van der Waals surface area contributed by atoms with Crippen LogP contribution < -0.4 is 10.5 Å². The van der Waals surface area contributed by atoms with Gasteiger partial charge in [-0.1, -0.05) is 0 Å². The molecule has 0 bridgehead atoms. The van der Waals surface area contributed by atoms with Crippen molar-refractivity contribution >= 4 is 0 Å². The Bertz CT molecular complexity index is 231. The second-order valence-corrected chi connectivity index (χ2v) is 2.79. The van der Waals surface area contributed by atoms with Gasteiger partial charge in [0.05, 0.1) is 6.61 Å². The molecule has 0 fully saturated rings. The van der Waals surface area contributed by atoms with Crippen molar-refractivity contribution in [3.05, 3.63) is 17.8 Å². The number of nitrogens with zero attached hydrogens (tertiary/aromatic N) is 1. The molecule has 0 radical (unpaired) electrons. The van der Waals surface area contributed by atoms with Crippen molar-refractivity contribution in [1.29, 1.82) is 0 Å². The van der Waals surface area contributed by atoms with E-state index in [4.69, 9.17) is 10.5 Å². The van der Waals surface area contributed by atoms with Crippen molar-refractivity contribution in [2.45, 2.75) is 19.5 Å². The Morgan fingerprint density at radius 2 is 2.55 bits per heavy atom. The van der Waals surface area contributed by atoms with E-state index < -0.39 is 0 Å². The second-order valence-electron chi connectivity index (χ2n) is 2.79. The maximum atomic E-state index is 5.49. The minimum atomic E-state index is 0.601. The molecule has 1 aromatic heterocycles. The van der Waals surface area contributed by atoms with E-state index in [2.05, 4.69) is 10.8 Å². The van der Waals surface area contributed by atoms with Crippen LogP contribution in [0.4, 0.5) is 0 Å². The molecule has 0 atom stereocenters. The standard InChI is InChI=1S/C8H12N2O/c9-5-7-4-8-10(6-7)2-1-3-11-8/h4,6H,1-3,5,9H2. The molecule has 11 heavy (non-hydrogen) atoms. The van der Waals surface area contributed by atoms with E-state index in [0.29, 0.717) is 6.54 Å². The molecule has 3 heteroatoms. The van der Waals surface area contributed by atoms with Crippen molar-refractivity contribution in [2.24, 2.45) is 5.73 Å². The summed E-state index contributed by atoms with van der Waals surface area (Å²) in [7, 11) is 0. The number of nitrogens with two attached hydrogens (primary N) is 1. The zero-order valence-corrected chi connectivity index (χ0v) is 6.42. The van der Waals surface area contributed by atoms with E-state index in [9.17, 15) is 0 Å². The van der Waals surface area contributed by atoms with E-state index >= 15 is 0 Å². The van der Waals surface area contributed by atoms with Crippen LogP contribution in [0.25, 0.3) is 0 Å². The minimum absolute atomic E-state index is 0.601. The van der Waals surface area contributed by atoms with Crippen LogP contribution in [0.5, 0.6) is 5.88 Å². The SMILES string of the molecule is NCc1cc2n(c1)CCCO2. The van der Waals surface area contributed by atoms with Gasteiger partial charge >= 0.3 is 0 Å². The van der Waals surface area contributed by atoms with Gasteiger partial charge in [-0.3, -0.25) is 0 Å². The Labute approximate surface area is 65.8 Å². The third-order valence-corrected chi connectivity index (χ3v) is 1.94. The monoisotopic (exact) mass is 152 g/mol. The summed E-state index contributed by atoms with van der Waals surface area (Å²) in [4.78, 5) is 0. The summed E-state index contributed by atoms with van der Waals surface area (Å²) in [6, 6.07) is 2.01. The number of aromatic nitrogens is 1. The normalized spacial score (nSPS) is 15.7. The van der Waals surface area contributed by atoms with Crippen LogP contribution in [0.15, 0.2) is 12.3 Å². The molecular weight excluding hydrogens is 140 g/mol. The van der Waals surface area contributed by atoms with Crippen LogP contribution in [-0.4, -0.2) is 11.2 Å². The van der Waals surface area contributed by atoms with Gasteiger partial charge in [-0.15, -0.1) is 0 Å². The predicted molar refractivity (Wildman–Crippen MR) is 42.4 cm³/mol. The van der Waals surface area contributed by atoms with Gasteiger partial charge in [-0.05, 0) is 12.0 Å². The molecule has 2 heterocycles. The van der Waals surface area contributed by atoms with Gasteiger partial charge in [0.25, 0.3) is 0 Å². The van der Waals surface area contributed by atoms with Gasteiger partial charge in [-0.2, -0.15) is 0 Å². The number of rotatable bonds is 1. The van der Waals surface area contributed by atoms with Crippen LogP contribution in [-0.2, 0) is 13.1 Å².